The van der Waals surface area contributed by atoms with Crippen LogP contribution in [0.5, 0.6) is 0 Å². The number of benzene rings is 8. The van der Waals surface area contributed by atoms with Crippen LogP contribution in [-0.4, -0.2) is 114 Å². The minimum atomic E-state index is -0.404. The fourth-order valence-corrected chi connectivity index (χ4v) is 15.4. The second-order valence-electron chi connectivity index (χ2n) is 27.8. The monoisotopic (exact) mass is 1370 g/mol. The first-order valence-corrected chi connectivity index (χ1v) is 35.9. The van der Waals surface area contributed by atoms with E-state index in [1.165, 1.54) is 0 Å². The van der Waals surface area contributed by atoms with Crippen LogP contribution in [0.4, 0.5) is 22.7 Å². The van der Waals surface area contributed by atoms with Crippen LogP contribution in [0, 0.1) is 0 Å². The lowest BCUT2D eigenvalue weighted by molar-refractivity contribution is -0.117. The van der Waals surface area contributed by atoms with Crippen molar-refractivity contribution in [2.24, 2.45) is 0 Å². The minimum absolute atomic E-state index is 0.00221. The van der Waals surface area contributed by atoms with Gasteiger partial charge in [0.25, 0.3) is 0 Å². The normalized spacial score (nSPS) is 20.7. The highest BCUT2D eigenvalue weighted by atomic mass is 16.2. The number of hydrogen-bond acceptors (Lipinski definition) is 10. The van der Waals surface area contributed by atoms with Crippen LogP contribution < -0.4 is 21.3 Å². The fourth-order valence-electron chi connectivity index (χ4n) is 15.4. The Kier molecular flexibility index (Phi) is 17.3. The first-order valence-electron chi connectivity index (χ1n) is 35.9. The van der Waals surface area contributed by atoms with Gasteiger partial charge in [-0.1, -0.05) is 194 Å². The van der Waals surface area contributed by atoms with Crippen molar-refractivity contribution in [3.05, 3.63) is 288 Å². The van der Waals surface area contributed by atoms with Crippen molar-refractivity contribution in [3.8, 4) is 44.5 Å². The van der Waals surface area contributed by atoms with E-state index < -0.39 is 24.2 Å². The second kappa shape index (κ2) is 27.5. The van der Waals surface area contributed by atoms with Crippen molar-refractivity contribution in [3.63, 3.8) is 0 Å². The number of fused-ring (bicyclic) bond motifs is 8. The van der Waals surface area contributed by atoms with Crippen molar-refractivity contribution in [2.45, 2.75) is 76.0 Å². The van der Waals surface area contributed by atoms with Gasteiger partial charge in [0, 0.05) is 106 Å². The van der Waals surface area contributed by atoms with Crippen molar-refractivity contribution < 1.29 is 19.2 Å². The molecule has 0 saturated carbocycles. The highest BCUT2D eigenvalue weighted by Crippen LogP contribution is 2.47. The molecule has 9 heterocycles. The number of carbonyl (C=O) groups is 4. The number of hydrogen-bond donors (Lipinski definition) is 6. The Bertz CT molecular complexity index is 4880. The number of aromatic nitrogens is 4. The van der Waals surface area contributed by atoms with Crippen molar-refractivity contribution in [1.29, 1.82) is 0 Å². The molecular formula is C88H78N12O4. The molecule has 16 heteroatoms. The molecule has 0 aliphatic carbocycles. The highest BCUT2D eigenvalue weighted by molar-refractivity contribution is 6.13. The molecule has 4 fully saturated rings. The lowest BCUT2D eigenvalue weighted by atomic mass is 9.98. The molecule has 12 atom stereocenters. The van der Waals surface area contributed by atoms with Gasteiger partial charge in [0.2, 0.25) is 23.6 Å². The molecule has 514 valence electrons. The summed E-state index contributed by atoms with van der Waals surface area (Å²) in [5, 5.41) is 13.6. The molecule has 8 aromatic carbocycles. The molecule has 17 rings (SSSR count). The number of aromatic amines is 2. The van der Waals surface area contributed by atoms with Crippen LogP contribution in [0.3, 0.4) is 0 Å². The molecule has 6 aliphatic rings. The first-order chi connectivity index (χ1) is 50.9. The summed E-state index contributed by atoms with van der Waals surface area (Å²) in [5.41, 5.74) is 17.4. The molecule has 0 radical (unpaired) electrons. The average Bonchev–Trinajstić information content (AvgIpc) is 1.56. The van der Waals surface area contributed by atoms with Crippen LogP contribution in [0.15, 0.2) is 243 Å². The maximum Gasteiger partial charge on any atom is 0.243 e. The number of rotatable bonds is 20. The summed E-state index contributed by atoms with van der Waals surface area (Å²) in [6.07, 6.45) is 8.06. The van der Waals surface area contributed by atoms with Gasteiger partial charge >= 0.3 is 0 Å². The topological polar surface area (TPSA) is 186 Å². The number of anilines is 4. The van der Waals surface area contributed by atoms with Crippen molar-refractivity contribution >= 4 is 92.7 Å². The van der Waals surface area contributed by atoms with Gasteiger partial charge in [0.05, 0.1) is 45.5 Å². The predicted octanol–water partition coefficient (Wildman–Crippen LogP) is 16.9. The van der Waals surface area contributed by atoms with Gasteiger partial charge in [0.1, 0.15) is 24.2 Å². The van der Waals surface area contributed by atoms with E-state index in [2.05, 4.69) is 163 Å². The van der Waals surface area contributed by atoms with Gasteiger partial charge < -0.3 is 31.2 Å². The summed E-state index contributed by atoms with van der Waals surface area (Å²) in [7, 11) is 0. The van der Waals surface area contributed by atoms with E-state index >= 15 is 0 Å². The summed E-state index contributed by atoms with van der Waals surface area (Å²) >= 11 is 0. The molecule has 4 unspecified atom stereocenters. The van der Waals surface area contributed by atoms with E-state index in [1.54, 1.807) is 0 Å². The van der Waals surface area contributed by atoms with E-state index in [9.17, 15) is 19.2 Å². The van der Waals surface area contributed by atoms with Gasteiger partial charge in [-0.05, 0) is 134 Å². The second-order valence-corrected chi connectivity index (χ2v) is 27.8. The molecule has 4 amide bonds. The number of nitrogens with one attached hydrogen (secondary N) is 6. The van der Waals surface area contributed by atoms with Crippen LogP contribution in [0.25, 0.3) is 90.9 Å². The number of nitrogens with zero attached hydrogens (tertiary/aromatic N) is 6. The van der Waals surface area contributed by atoms with Gasteiger partial charge in [-0.25, -0.2) is 9.97 Å². The average molecular weight is 1370 g/mol. The zero-order valence-corrected chi connectivity index (χ0v) is 58.2. The zero-order valence-electron chi connectivity index (χ0n) is 58.2. The molecule has 4 saturated heterocycles. The third-order valence-corrected chi connectivity index (χ3v) is 21.5. The summed E-state index contributed by atoms with van der Waals surface area (Å²) < 4.78 is 0. The van der Waals surface area contributed by atoms with E-state index in [0.29, 0.717) is 105 Å². The Balaban J connectivity index is 0.861. The summed E-state index contributed by atoms with van der Waals surface area (Å²) in [6, 6.07) is 79.1. The Morgan fingerprint density at radius 2 is 0.529 bits per heavy atom. The Morgan fingerprint density at radius 1 is 0.298 bits per heavy atom. The van der Waals surface area contributed by atoms with Crippen LogP contribution in [-0.2, 0) is 19.2 Å². The summed E-state index contributed by atoms with van der Waals surface area (Å²) in [5.74, 6) is -0.661. The van der Waals surface area contributed by atoms with Crippen LogP contribution >= 0.6 is 0 Å². The molecule has 8 bridgehead atoms. The highest BCUT2D eigenvalue weighted by Gasteiger charge is 2.48. The van der Waals surface area contributed by atoms with E-state index in [-0.39, 0.29) is 47.8 Å². The third kappa shape index (κ3) is 12.8. The number of carbonyl (C=O) groups excluding carboxylic acids is 4. The van der Waals surface area contributed by atoms with Crippen molar-refractivity contribution in [1.82, 2.24) is 39.5 Å². The molecule has 0 spiro atoms. The molecule has 16 nitrogen and oxygen atoms in total. The molecule has 104 heavy (non-hydrogen) atoms. The van der Waals surface area contributed by atoms with E-state index in [1.807, 2.05) is 182 Å². The van der Waals surface area contributed by atoms with Crippen molar-refractivity contribution in [2.75, 3.05) is 47.4 Å². The molecular weight excluding hydrogens is 1290 g/mol. The maximum absolute atomic E-state index is 15.0. The molecule has 3 aromatic heterocycles. The Hall–Kier alpha value is -11.9. The zero-order chi connectivity index (χ0) is 70.7. The fraction of sp³-hybridized carbons (Fsp3) is 0.182. The standard InChI is InChI=1S/C88H78N12O4/c1-53(57-25-11-5-12-26-57)97-49-75(97)85(101)93-63-37-23-38-64(94-86(102)76-50-98(76)54(2)58-27-13-6-14-28-58)81(63)83-71-45-41-67(89-71)79(61-33-19-9-20-34-61)69-43-47-73(91-69)84(74-48-44-70(92-74)80(62-35-21-10-22-36-62)68-42-46-72(83)90-68)82-65(95-87(103)77-51-99(77)55(3)59-29-15-7-16-30-59)39-24-40-66(82)96-88(104)78-52-100(78)56(4)60-31-17-8-18-32-60/h5-48,53-56,75-78,89,92H,49-52H2,1-4H3,(H,93,101)(H,94,102)(H,95,103)(H,96,104)/t53-,54+,55-,56+,75+,76-,77+,78-,97?,98?,99?,100?. The smallest absolute Gasteiger partial charge is 0.243 e. The van der Waals surface area contributed by atoms with Gasteiger partial charge in [-0.2, -0.15) is 0 Å². The molecule has 11 aromatic rings. The number of amides is 4. The number of H-pyrrole nitrogens is 2. The van der Waals surface area contributed by atoms with Gasteiger partial charge in [0.15, 0.2) is 0 Å². The third-order valence-electron chi connectivity index (χ3n) is 21.5. The largest absolute Gasteiger partial charge is 0.354 e. The first kappa shape index (κ1) is 65.4. The quantitative estimate of drug-likeness (QED) is 0.0401. The lowest BCUT2D eigenvalue weighted by Gasteiger charge is -2.19. The predicted molar refractivity (Wildman–Crippen MR) is 417 cm³/mol. The van der Waals surface area contributed by atoms with Gasteiger partial charge in [-0.3, -0.25) is 38.8 Å². The maximum atomic E-state index is 15.0. The van der Waals surface area contributed by atoms with E-state index in [4.69, 9.17) is 9.97 Å². The summed E-state index contributed by atoms with van der Waals surface area (Å²) in [4.78, 5) is 87.9. The van der Waals surface area contributed by atoms with Gasteiger partial charge in [-0.15, -0.1) is 0 Å². The molecule has 6 aliphatic heterocycles. The SMILES string of the molecule is C[C@H](c1ccccc1)N1C[C@H]1C(=O)Nc1cccc(NC(=O)[C@H]2CN2[C@@H](C)c2ccccc2)c1-c1c2nc(c(-c3ccccc3)c3ccc([nH]3)c(-c3c(NC(=O)[C@H]4CN4[C@@H](C)c4ccccc4)cccc3NC(=O)[C@@H]3CN3[C@H](C)c3ccccc3)c3nc(c(-c4ccccc4)c4ccc1[nH]4)C=C3)C=C2. The minimum Gasteiger partial charge on any atom is -0.354 e. The van der Waals surface area contributed by atoms with E-state index in [0.717, 1.165) is 55.5 Å². The Morgan fingerprint density at radius 3 is 0.788 bits per heavy atom. The van der Waals surface area contributed by atoms with Crippen LogP contribution in [0.1, 0.15) is 96.9 Å². The summed E-state index contributed by atoms with van der Waals surface area (Å²) in [6.45, 7) is 10.8. The van der Waals surface area contributed by atoms with Crippen LogP contribution in [0.2, 0.25) is 0 Å². The lowest BCUT2D eigenvalue weighted by Crippen LogP contribution is -2.25. The molecule has 6 N–H and O–H groups in total. The Labute approximate surface area is 603 Å².